The van der Waals surface area contributed by atoms with E-state index in [0.29, 0.717) is 5.92 Å². The molecule has 1 aromatic heterocycles. The van der Waals surface area contributed by atoms with Gasteiger partial charge in [-0.15, -0.1) is 5.10 Å². The molecule has 0 aromatic carbocycles. The summed E-state index contributed by atoms with van der Waals surface area (Å²) in [5.41, 5.74) is 0.849. The Labute approximate surface area is 96.7 Å². The van der Waals surface area contributed by atoms with Gasteiger partial charge >= 0.3 is 0 Å². The second-order valence-corrected chi connectivity index (χ2v) is 4.93. The molecule has 0 spiro atoms. The number of hydrogen-bond acceptors (Lipinski definition) is 3. The molecule has 1 aliphatic carbocycles. The Bertz CT molecular complexity index is 337. The SMILES string of the molecule is CCC1CCCC(C(O)c2cnnn2C)C1. The number of nitrogens with zero attached hydrogens (tertiary/aromatic N) is 3. The van der Waals surface area contributed by atoms with Crippen molar-refractivity contribution < 1.29 is 5.11 Å². The summed E-state index contributed by atoms with van der Waals surface area (Å²) in [5, 5.41) is 18.0. The Morgan fingerprint density at radius 1 is 1.56 bits per heavy atom. The van der Waals surface area contributed by atoms with Crippen LogP contribution in [-0.4, -0.2) is 20.1 Å². The molecule has 4 nitrogen and oxygen atoms in total. The molecule has 1 N–H and O–H groups in total. The first-order valence-electron chi connectivity index (χ1n) is 6.25. The van der Waals surface area contributed by atoms with Gasteiger partial charge in [-0.1, -0.05) is 31.4 Å². The summed E-state index contributed by atoms with van der Waals surface area (Å²) in [5.74, 6) is 1.17. The number of aliphatic hydroxyl groups is 1. The van der Waals surface area contributed by atoms with Crippen LogP contribution in [0.4, 0.5) is 0 Å². The number of rotatable bonds is 3. The highest BCUT2D eigenvalue weighted by Gasteiger charge is 2.29. The summed E-state index contributed by atoms with van der Waals surface area (Å²) in [6, 6.07) is 0. The second kappa shape index (κ2) is 4.95. The van der Waals surface area contributed by atoms with Gasteiger partial charge in [-0.25, -0.2) is 4.68 Å². The monoisotopic (exact) mass is 223 g/mol. The molecule has 16 heavy (non-hydrogen) atoms. The smallest absolute Gasteiger partial charge is 0.100 e. The molecule has 3 atom stereocenters. The van der Waals surface area contributed by atoms with E-state index < -0.39 is 6.10 Å². The molecule has 90 valence electrons. The van der Waals surface area contributed by atoms with Crippen molar-refractivity contribution in [1.82, 2.24) is 15.0 Å². The van der Waals surface area contributed by atoms with E-state index in [0.717, 1.165) is 24.5 Å². The van der Waals surface area contributed by atoms with Crippen LogP contribution < -0.4 is 0 Å². The van der Waals surface area contributed by atoms with Gasteiger partial charge in [0.05, 0.1) is 11.9 Å². The molecule has 1 fully saturated rings. The average Bonchev–Trinajstić information content (AvgIpc) is 2.74. The first-order chi connectivity index (χ1) is 7.72. The van der Waals surface area contributed by atoms with Crippen molar-refractivity contribution in [2.24, 2.45) is 18.9 Å². The fourth-order valence-electron chi connectivity index (χ4n) is 2.80. The van der Waals surface area contributed by atoms with Crippen molar-refractivity contribution in [1.29, 1.82) is 0 Å². The van der Waals surface area contributed by atoms with Crippen molar-refractivity contribution in [3.05, 3.63) is 11.9 Å². The van der Waals surface area contributed by atoms with Crippen LogP contribution >= 0.6 is 0 Å². The molecular formula is C12H21N3O. The lowest BCUT2D eigenvalue weighted by atomic mass is 9.77. The predicted octanol–water partition coefficient (Wildman–Crippen LogP) is 2.06. The lowest BCUT2D eigenvalue weighted by Crippen LogP contribution is -2.22. The van der Waals surface area contributed by atoms with E-state index in [4.69, 9.17) is 0 Å². The zero-order valence-electron chi connectivity index (χ0n) is 10.1. The number of aryl methyl sites for hydroxylation is 1. The van der Waals surface area contributed by atoms with Crippen LogP contribution in [0.3, 0.4) is 0 Å². The van der Waals surface area contributed by atoms with Crippen LogP contribution in [0.25, 0.3) is 0 Å². The third-order valence-corrected chi connectivity index (χ3v) is 3.90. The van der Waals surface area contributed by atoms with Crippen LogP contribution in [0, 0.1) is 11.8 Å². The topological polar surface area (TPSA) is 50.9 Å². The predicted molar refractivity (Wildman–Crippen MR) is 61.7 cm³/mol. The van der Waals surface area contributed by atoms with Gasteiger partial charge in [0.2, 0.25) is 0 Å². The minimum Gasteiger partial charge on any atom is -0.386 e. The van der Waals surface area contributed by atoms with Crippen LogP contribution in [0.1, 0.15) is 50.8 Å². The van der Waals surface area contributed by atoms with E-state index in [9.17, 15) is 5.11 Å². The molecule has 0 aliphatic heterocycles. The van der Waals surface area contributed by atoms with Gasteiger partial charge < -0.3 is 5.11 Å². The zero-order valence-corrected chi connectivity index (χ0v) is 10.1. The van der Waals surface area contributed by atoms with E-state index in [-0.39, 0.29) is 0 Å². The van der Waals surface area contributed by atoms with Crippen LogP contribution in [0.15, 0.2) is 6.20 Å². The lowest BCUT2D eigenvalue weighted by molar-refractivity contribution is 0.0615. The molecule has 0 amide bonds. The molecule has 0 bridgehead atoms. The van der Waals surface area contributed by atoms with Gasteiger partial charge in [0.15, 0.2) is 0 Å². The van der Waals surface area contributed by atoms with E-state index in [2.05, 4.69) is 17.2 Å². The maximum atomic E-state index is 10.3. The van der Waals surface area contributed by atoms with Crippen LogP contribution in [0.5, 0.6) is 0 Å². The molecule has 4 heteroatoms. The quantitative estimate of drug-likeness (QED) is 0.853. The first kappa shape index (κ1) is 11.6. The highest BCUT2D eigenvalue weighted by atomic mass is 16.3. The summed E-state index contributed by atoms with van der Waals surface area (Å²) in [7, 11) is 1.84. The summed E-state index contributed by atoms with van der Waals surface area (Å²) in [4.78, 5) is 0. The van der Waals surface area contributed by atoms with Gasteiger partial charge in [0, 0.05) is 7.05 Å². The van der Waals surface area contributed by atoms with Crippen LogP contribution in [0.2, 0.25) is 0 Å². The van der Waals surface area contributed by atoms with E-state index >= 15 is 0 Å². The van der Waals surface area contributed by atoms with Crippen molar-refractivity contribution >= 4 is 0 Å². The zero-order chi connectivity index (χ0) is 11.5. The molecule has 1 aromatic rings. The van der Waals surface area contributed by atoms with Gasteiger partial charge in [-0.3, -0.25) is 0 Å². The Kier molecular flexibility index (Phi) is 3.59. The molecule has 1 heterocycles. The fourth-order valence-corrected chi connectivity index (χ4v) is 2.80. The van der Waals surface area contributed by atoms with Crippen molar-refractivity contribution in [2.45, 2.75) is 45.1 Å². The molecule has 2 rings (SSSR count). The molecule has 1 aliphatic rings. The molecule has 3 unspecified atom stereocenters. The molecular weight excluding hydrogens is 202 g/mol. The minimum atomic E-state index is -0.394. The van der Waals surface area contributed by atoms with Crippen molar-refractivity contribution in [3.63, 3.8) is 0 Å². The lowest BCUT2D eigenvalue weighted by Gasteiger charge is -2.31. The fraction of sp³-hybridized carbons (Fsp3) is 0.833. The number of hydrogen-bond donors (Lipinski definition) is 1. The highest BCUT2D eigenvalue weighted by Crippen LogP contribution is 2.37. The molecule has 1 saturated carbocycles. The summed E-state index contributed by atoms with van der Waals surface area (Å²) in [6.07, 6.45) is 7.35. The number of aliphatic hydroxyl groups excluding tert-OH is 1. The summed E-state index contributed by atoms with van der Waals surface area (Å²) < 4.78 is 1.68. The maximum Gasteiger partial charge on any atom is 0.100 e. The van der Waals surface area contributed by atoms with E-state index in [1.807, 2.05) is 7.05 Å². The highest BCUT2D eigenvalue weighted by molar-refractivity contribution is 5.01. The summed E-state index contributed by atoms with van der Waals surface area (Å²) >= 11 is 0. The normalized spacial score (nSPS) is 27.9. The first-order valence-corrected chi connectivity index (χ1v) is 6.25. The van der Waals surface area contributed by atoms with Gasteiger partial charge in [0.25, 0.3) is 0 Å². The standard InChI is InChI=1S/C12H21N3O/c1-3-9-5-4-6-10(7-9)12(16)11-8-13-14-15(11)2/h8-10,12,16H,3-7H2,1-2H3. The van der Waals surface area contributed by atoms with Gasteiger partial charge in [0.1, 0.15) is 6.10 Å². The Morgan fingerprint density at radius 2 is 2.38 bits per heavy atom. The van der Waals surface area contributed by atoms with Crippen LogP contribution in [-0.2, 0) is 7.05 Å². The minimum absolute atomic E-state index is 0.385. The van der Waals surface area contributed by atoms with E-state index in [1.54, 1.807) is 10.9 Å². The largest absolute Gasteiger partial charge is 0.386 e. The van der Waals surface area contributed by atoms with Crippen molar-refractivity contribution in [2.75, 3.05) is 0 Å². The van der Waals surface area contributed by atoms with E-state index in [1.165, 1.54) is 19.3 Å². The van der Waals surface area contributed by atoms with Gasteiger partial charge in [-0.05, 0) is 24.7 Å². The molecule has 0 saturated heterocycles. The third-order valence-electron chi connectivity index (χ3n) is 3.90. The Hall–Kier alpha value is -0.900. The Balaban J connectivity index is 2.04. The van der Waals surface area contributed by atoms with Gasteiger partial charge in [-0.2, -0.15) is 0 Å². The third kappa shape index (κ3) is 2.26. The average molecular weight is 223 g/mol. The summed E-state index contributed by atoms with van der Waals surface area (Å²) in [6.45, 7) is 2.24. The second-order valence-electron chi connectivity index (χ2n) is 4.93. The Morgan fingerprint density at radius 3 is 3.00 bits per heavy atom. The maximum absolute atomic E-state index is 10.3. The van der Waals surface area contributed by atoms with Crippen molar-refractivity contribution in [3.8, 4) is 0 Å². The molecule has 0 radical (unpaired) electrons. The number of aromatic nitrogens is 3.